The van der Waals surface area contributed by atoms with E-state index in [4.69, 9.17) is 26.8 Å². The summed E-state index contributed by atoms with van der Waals surface area (Å²) in [7, 11) is 0. The van der Waals surface area contributed by atoms with Gasteiger partial charge >= 0.3 is 17.9 Å². The van der Waals surface area contributed by atoms with E-state index < -0.39 is 79.0 Å². The Kier molecular flexibility index (Phi) is 11.1. The van der Waals surface area contributed by atoms with Crippen molar-refractivity contribution >= 4 is 41.5 Å². The van der Waals surface area contributed by atoms with E-state index in [0.717, 1.165) is 0 Å². The van der Waals surface area contributed by atoms with Gasteiger partial charge in [0.25, 0.3) is 0 Å². The number of carboxylic acids is 3. The molecule has 0 aliphatic carbocycles. The normalized spacial score (nSPS) is 13.2. The molecule has 0 fully saturated rings. The number of nitrogens with one attached hydrogen (secondary N) is 3. The van der Waals surface area contributed by atoms with Gasteiger partial charge in [-0.3, -0.25) is 33.6 Å². The highest BCUT2D eigenvalue weighted by Crippen LogP contribution is 2.01. The SMILES string of the molecule is NC(=O)CCC(N)C(=O)NC(CC(=O)O)C(=O)NC(CC(=O)O)C(=O)NCC(=O)O. The van der Waals surface area contributed by atoms with Crippen molar-refractivity contribution in [3.8, 4) is 0 Å². The van der Waals surface area contributed by atoms with Crippen LogP contribution in [0.3, 0.4) is 0 Å². The molecule has 0 bridgehead atoms. The molecule has 3 unspecified atom stereocenters. The van der Waals surface area contributed by atoms with Crippen LogP contribution in [0.15, 0.2) is 0 Å². The molecule has 0 aromatic heterocycles. The number of nitrogens with two attached hydrogens (primary N) is 2. The number of aliphatic carboxylic acids is 3. The fraction of sp³-hybridized carbons (Fsp3) is 0.533. The molecule has 4 amide bonds. The zero-order valence-electron chi connectivity index (χ0n) is 15.6. The van der Waals surface area contributed by atoms with Crippen molar-refractivity contribution in [2.45, 2.75) is 43.8 Å². The molecule has 15 heteroatoms. The van der Waals surface area contributed by atoms with Gasteiger partial charge < -0.3 is 42.7 Å². The van der Waals surface area contributed by atoms with E-state index >= 15 is 0 Å². The van der Waals surface area contributed by atoms with Crippen LogP contribution >= 0.6 is 0 Å². The molecule has 30 heavy (non-hydrogen) atoms. The predicted octanol–water partition coefficient (Wildman–Crippen LogP) is -4.30. The molecule has 0 saturated heterocycles. The first-order valence-corrected chi connectivity index (χ1v) is 8.41. The van der Waals surface area contributed by atoms with Crippen LogP contribution < -0.4 is 27.4 Å². The highest BCUT2D eigenvalue weighted by Gasteiger charge is 2.31. The number of rotatable bonds is 14. The third kappa shape index (κ3) is 11.2. The number of carbonyl (C=O) groups excluding carboxylic acids is 4. The molecule has 0 aliphatic rings. The molecule has 0 spiro atoms. The molecular formula is C15H23N5O10. The molecule has 0 aromatic carbocycles. The Morgan fingerprint density at radius 1 is 0.733 bits per heavy atom. The van der Waals surface area contributed by atoms with Gasteiger partial charge in [0, 0.05) is 6.42 Å². The highest BCUT2D eigenvalue weighted by atomic mass is 16.4. The average molecular weight is 433 g/mol. The van der Waals surface area contributed by atoms with Gasteiger partial charge in [-0.15, -0.1) is 0 Å². The van der Waals surface area contributed by atoms with E-state index in [1.807, 2.05) is 16.0 Å². The molecule has 0 rings (SSSR count). The second-order valence-corrected chi connectivity index (χ2v) is 6.04. The van der Waals surface area contributed by atoms with E-state index in [9.17, 15) is 33.6 Å². The van der Waals surface area contributed by atoms with Gasteiger partial charge in [-0.1, -0.05) is 0 Å². The minimum atomic E-state index is -1.74. The second-order valence-electron chi connectivity index (χ2n) is 6.04. The minimum Gasteiger partial charge on any atom is -0.481 e. The largest absolute Gasteiger partial charge is 0.481 e. The van der Waals surface area contributed by atoms with E-state index in [2.05, 4.69) is 0 Å². The zero-order valence-corrected chi connectivity index (χ0v) is 15.6. The molecule has 0 heterocycles. The lowest BCUT2D eigenvalue weighted by molar-refractivity contribution is -0.143. The summed E-state index contributed by atoms with van der Waals surface area (Å²) in [5.41, 5.74) is 10.5. The van der Waals surface area contributed by atoms with Crippen LogP contribution in [0.5, 0.6) is 0 Å². The summed E-state index contributed by atoms with van der Waals surface area (Å²) in [6.45, 7) is -0.852. The van der Waals surface area contributed by atoms with Crippen LogP contribution in [0.2, 0.25) is 0 Å². The minimum absolute atomic E-state index is 0.179. The summed E-state index contributed by atoms with van der Waals surface area (Å²) in [6, 6.07) is -4.78. The lowest BCUT2D eigenvalue weighted by Gasteiger charge is -2.22. The van der Waals surface area contributed by atoms with Crippen molar-refractivity contribution in [1.29, 1.82) is 0 Å². The van der Waals surface area contributed by atoms with E-state index in [-0.39, 0.29) is 12.8 Å². The van der Waals surface area contributed by atoms with E-state index in [1.54, 1.807) is 0 Å². The van der Waals surface area contributed by atoms with Crippen molar-refractivity contribution < 1.29 is 48.9 Å². The first kappa shape index (κ1) is 26.2. The fourth-order valence-corrected chi connectivity index (χ4v) is 2.03. The average Bonchev–Trinajstić information content (AvgIpc) is 2.61. The van der Waals surface area contributed by atoms with Crippen molar-refractivity contribution in [2.75, 3.05) is 6.54 Å². The molecule has 0 saturated carbocycles. The highest BCUT2D eigenvalue weighted by molar-refractivity contribution is 5.96. The Balaban J connectivity index is 5.26. The van der Waals surface area contributed by atoms with Crippen LogP contribution in [-0.4, -0.2) is 81.5 Å². The quantitative estimate of drug-likeness (QED) is 0.130. The van der Waals surface area contributed by atoms with Crippen molar-refractivity contribution in [1.82, 2.24) is 16.0 Å². The summed E-state index contributed by atoms with van der Waals surface area (Å²) < 4.78 is 0. The predicted molar refractivity (Wildman–Crippen MR) is 95.4 cm³/mol. The zero-order chi connectivity index (χ0) is 23.4. The number of hydrogen-bond acceptors (Lipinski definition) is 8. The topological polar surface area (TPSA) is 268 Å². The van der Waals surface area contributed by atoms with Crippen LogP contribution in [-0.2, 0) is 33.6 Å². The number of primary amides is 1. The van der Waals surface area contributed by atoms with Gasteiger partial charge in [-0.2, -0.15) is 0 Å². The number of hydrogen-bond donors (Lipinski definition) is 8. The monoisotopic (exact) mass is 433 g/mol. The van der Waals surface area contributed by atoms with E-state index in [0.29, 0.717) is 0 Å². The Hall–Kier alpha value is -3.75. The van der Waals surface area contributed by atoms with Gasteiger partial charge in [0.1, 0.15) is 18.6 Å². The van der Waals surface area contributed by atoms with Crippen LogP contribution in [0.1, 0.15) is 25.7 Å². The standard InChI is InChI=1S/C15H23N5O10/c16-6(1-2-9(17)21)13(28)19-8(4-11(24)25)15(30)20-7(3-10(22)23)14(29)18-5-12(26)27/h6-8H,1-5,16H2,(H2,17,21)(H,18,29)(H,19,28)(H,20,30)(H,22,23)(H,24,25)(H,26,27). The smallest absolute Gasteiger partial charge is 0.322 e. The molecule has 168 valence electrons. The maximum Gasteiger partial charge on any atom is 0.322 e. The first-order chi connectivity index (χ1) is 13.8. The summed E-state index contributed by atoms with van der Waals surface area (Å²) >= 11 is 0. The third-order valence-electron chi connectivity index (χ3n) is 3.48. The third-order valence-corrected chi connectivity index (χ3v) is 3.48. The molecule has 0 radical (unpaired) electrons. The van der Waals surface area contributed by atoms with Crippen LogP contribution in [0.25, 0.3) is 0 Å². The molecular weight excluding hydrogens is 410 g/mol. The molecule has 15 nitrogen and oxygen atoms in total. The Labute approximate surface area is 169 Å². The Bertz CT molecular complexity index is 710. The summed E-state index contributed by atoms with van der Waals surface area (Å²) in [5, 5.41) is 32.2. The number of carbonyl (C=O) groups is 7. The van der Waals surface area contributed by atoms with Gasteiger partial charge in [0.05, 0.1) is 18.9 Å². The maximum absolute atomic E-state index is 12.3. The van der Waals surface area contributed by atoms with Gasteiger partial charge in [-0.05, 0) is 6.42 Å². The lowest BCUT2D eigenvalue weighted by Crippen LogP contribution is -2.57. The van der Waals surface area contributed by atoms with Gasteiger partial charge in [-0.25, -0.2) is 0 Å². The first-order valence-electron chi connectivity index (χ1n) is 8.41. The maximum atomic E-state index is 12.3. The summed E-state index contributed by atoms with van der Waals surface area (Å²) in [4.78, 5) is 79.4. The Morgan fingerprint density at radius 2 is 1.20 bits per heavy atom. The van der Waals surface area contributed by atoms with Gasteiger partial charge in [0.2, 0.25) is 23.6 Å². The number of amides is 4. The van der Waals surface area contributed by atoms with E-state index in [1.165, 1.54) is 0 Å². The fourth-order valence-electron chi connectivity index (χ4n) is 2.03. The van der Waals surface area contributed by atoms with Gasteiger partial charge in [0.15, 0.2) is 0 Å². The second kappa shape index (κ2) is 12.7. The molecule has 10 N–H and O–H groups in total. The molecule has 0 aliphatic heterocycles. The summed E-state index contributed by atoms with van der Waals surface area (Å²) in [5.74, 6) is -8.53. The van der Waals surface area contributed by atoms with Crippen molar-refractivity contribution in [2.24, 2.45) is 11.5 Å². The lowest BCUT2D eigenvalue weighted by atomic mass is 10.1. The van der Waals surface area contributed by atoms with Crippen molar-refractivity contribution in [3.05, 3.63) is 0 Å². The summed E-state index contributed by atoms with van der Waals surface area (Å²) in [6.07, 6.45) is -2.30. The Morgan fingerprint density at radius 3 is 1.63 bits per heavy atom. The molecule has 0 aromatic rings. The van der Waals surface area contributed by atoms with Crippen LogP contribution in [0, 0.1) is 0 Å². The number of carboxylic acid groups (broad SMARTS) is 3. The molecule has 3 atom stereocenters. The van der Waals surface area contributed by atoms with Crippen molar-refractivity contribution in [3.63, 3.8) is 0 Å². The van der Waals surface area contributed by atoms with Crippen LogP contribution in [0.4, 0.5) is 0 Å².